The summed E-state index contributed by atoms with van der Waals surface area (Å²) >= 11 is 0. The third kappa shape index (κ3) is 4.46. The fraction of sp³-hybridized carbons (Fsp3) is 0.435. The predicted octanol–water partition coefficient (Wildman–Crippen LogP) is 2.87. The number of para-hydroxylation sites is 2. The number of aromatic nitrogens is 2. The molecule has 0 saturated carbocycles. The minimum absolute atomic E-state index is 0.0590. The fourth-order valence-electron chi connectivity index (χ4n) is 4.84. The number of H-pyrrole nitrogens is 1. The molecule has 31 heavy (non-hydrogen) atoms. The van der Waals surface area contributed by atoms with E-state index in [1.165, 1.54) is 0 Å². The number of aryl methyl sites for hydroxylation is 3. The fourth-order valence-corrected chi connectivity index (χ4v) is 6.31. The Labute approximate surface area is 183 Å². The van der Waals surface area contributed by atoms with Gasteiger partial charge in [0.1, 0.15) is 0 Å². The molecule has 0 amide bonds. The summed E-state index contributed by atoms with van der Waals surface area (Å²) < 4.78 is 30.3. The second-order valence-corrected chi connectivity index (χ2v) is 10.2. The molecule has 3 aromatic rings. The molecule has 0 spiro atoms. The average Bonchev–Trinajstić information content (AvgIpc) is 3.03. The van der Waals surface area contributed by atoms with Crippen molar-refractivity contribution in [3.8, 4) is 0 Å². The Bertz CT molecular complexity index is 1230. The lowest BCUT2D eigenvalue weighted by molar-refractivity contribution is 0.190. The van der Waals surface area contributed by atoms with Crippen molar-refractivity contribution in [1.82, 2.24) is 19.2 Å². The second-order valence-electron chi connectivity index (χ2n) is 8.52. The topological polar surface area (TPSA) is 87.2 Å². The van der Waals surface area contributed by atoms with Crippen molar-refractivity contribution >= 4 is 21.1 Å². The van der Waals surface area contributed by atoms with Crippen LogP contribution in [0.15, 0.2) is 46.1 Å². The van der Waals surface area contributed by atoms with Gasteiger partial charge in [-0.3, -0.25) is 4.57 Å². The number of aromatic amines is 1. The molecular weight excluding hydrogens is 412 g/mol. The molecule has 1 saturated heterocycles. The van der Waals surface area contributed by atoms with Crippen LogP contribution >= 0.6 is 0 Å². The van der Waals surface area contributed by atoms with E-state index in [4.69, 9.17) is 0 Å². The van der Waals surface area contributed by atoms with Gasteiger partial charge in [0.25, 0.3) is 0 Å². The summed E-state index contributed by atoms with van der Waals surface area (Å²) in [6, 6.07) is 11.7. The quantitative estimate of drug-likeness (QED) is 0.615. The number of benzene rings is 2. The van der Waals surface area contributed by atoms with Crippen LogP contribution in [0.4, 0.5) is 0 Å². The van der Waals surface area contributed by atoms with Gasteiger partial charge in [-0.2, -0.15) is 0 Å². The molecule has 1 aliphatic heterocycles. The number of piperidine rings is 1. The summed E-state index contributed by atoms with van der Waals surface area (Å²) in [4.78, 5) is 18.0. The SMILES string of the molecule is Cc1cc(C)c(S(=O)(=O)NCCN2CCC(n3c(=O)[nH]c4ccccc43)CC2)c(C)c1. The number of nitrogens with one attached hydrogen (secondary N) is 2. The van der Waals surface area contributed by atoms with Crippen molar-refractivity contribution in [3.05, 3.63) is 63.6 Å². The number of sulfonamides is 1. The maximum absolute atomic E-state index is 12.8. The van der Waals surface area contributed by atoms with Crippen LogP contribution in [0.1, 0.15) is 35.6 Å². The Morgan fingerprint density at radius 1 is 1.06 bits per heavy atom. The molecule has 0 atom stereocenters. The van der Waals surface area contributed by atoms with Gasteiger partial charge >= 0.3 is 5.69 Å². The van der Waals surface area contributed by atoms with Gasteiger partial charge in [0.15, 0.2) is 0 Å². The highest BCUT2D eigenvalue weighted by Gasteiger charge is 2.24. The van der Waals surface area contributed by atoms with E-state index in [1.807, 2.05) is 61.7 Å². The molecule has 4 rings (SSSR count). The first-order chi connectivity index (χ1) is 14.8. The van der Waals surface area contributed by atoms with Crippen molar-refractivity contribution < 1.29 is 8.42 Å². The molecule has 0 radical (unpaired) electrons. The molecule has 0 bridgehead atoms. The zero-order valence-electron chi connectivity index (χ0n) is 18.3. The summed E-state index contributed by atoms with van der Waals surface area (Å²) in [5.74, 6) is 0. The summed E-state index contributed by atoms with van der Waals surface area (Å²) in [7, 11) is -3.54. The standard InChI is InChI=1S/C23H30N4O3S/c1-16-14-17(2)22(18(3)15-16)31(29,30)24-10-13-26-11-8-19(9-12-26)27-21-7-5-4-6-20(21)25-23(27)28/h4-7,14-15,19,24H,8-13H2,1-3H3,(H,25,28). The maximum atomic E-state index is 12.8. The van der Waals surface area contributed by atoms with Crippen LogP contribution in [0.25, 0.3) is 11.0 Å². The first-order valence-electron chi connectivity index (χ1n) is 10.8. The molecule has 8 heteroatoms. The lowest BCUT2D eigenvalue weighted by Crippen LogP contribution is -2.41. The van der Waals surface area contributed by atoms with Gasteiger partial charge in [-0.1, -0.05) is 29.8 Å². The van der Waals surface area contributed by atoms with Crippen molar-refractivity contribution in [2.45, 2.75) is 44.6 Å². The van der Waals surface area contributed by atoms with Crippen LogP contribution in [-0.4, -0.2) is 49.0 Å². The molecule has 7 nitrogen and oxygen atoms in total. The first-order valence-corrected chi connectivity index (χ1v) is 12.2. The molecule has 1 aliphatic rings. The van der Waals surface area contributed by atoms with Crippen molar-refractivity contribution in [2.75, 3.05) is 26.2 Å². The van der Waals surface area contributed by atoms with Crippen LogP contribution in [0, 0.1) is 20.8 Å². The molecule has 1 fully saturated rings. The second kappa shape index (κ2) is 8.61. The van der Waals surface area contributed by atoms with Crippen LogP contribution < -0.4 is 10.4 Å². The van der Waals surface area contributed by atoms with Gasteiger partial charge in [-0.25, -0.2) is 17.9 Å². The maximum Gasteiger partial charge on any atom is 0.326 e. The smallest absolute Gasteiger partial charge is 0.306 e. The van der Waals surface area contributed by atoms with E-state index < -0.39 is 10.0 Å². The van der Waals surface area contributed by atoms with E-state index in [0.29, 0.717) is 18.0 Å². The van der Waals surface area contributed by atoms with Crippen LogP contribution in [0.5, 0.6) is 0 Å². The Kier molecular flexibility index (Phi) is 6.05. The Balaban J connectivity index is 1.35. The lowest BCUT2D eigenvalue weighted by Gasteiger charge is -2.32. The summed E-state index contributed by atoms with van der Waals surface area (Å²) in [6.07, 6.45) is 1.73. The lowest BCUT2D eigenvalue weighted by atomic mass is 10.0. The predicted molar refractivity (Wildman–Crippen MR) is 123 cm³/mol. The van der Waals surface area contributed by atoms with E-state index in [1.54, 1.807) is 0 Å². The Morgan fingerprint density at radius 3 is 2.39 bits per heavy atom. The van der Waals surface area contributed by atoms with Gasteiger partial charge in [-0.15, -0.1) is 0 Å². The zero-order chi connectivity index (χ0) is 22.2. The van der Waals surface area contributed by atoms with Crippen LogP contribution in [0.2, 0.25) is 0 Å². The number of hydrogen-bond donors (Lipinski definition) is 2. The molecule has 2 heterocycles. The normalized spacial score (nSPS) is 16.2. The number of hydrogen-bond acceptors (Lipinski definition) is 4. The summed E-state index contributed by atoms with van der Waals surface area (Å²) in [6.45, 7) is 8.34. The molecule has 0 aliphatic carbocycles. The molecule has 0 unspecified atom stereocenters. The van der Waals surface area contributed by atoms with E-state index in [2.05, 4.69) is 14.6 Å². The first kappa shape index (κ1) is 21.8. The molecule has 2 aromatic carbocycles. The summed E-state index contributed by atoms with van der Waals surface area (Å²) in [5.41, 5.74) is 4.36. The minimum Gasteiger partial charge on any atom is -0.306 e. The van der Waals surface area contributed by atoms with Crippen molar-refractivity contribution in [3.63, 3.8) is 0 Å². The van der Waals surface area contributed by atoms with E-state index in [9.17, 15) is 13.2 Å². The highest BCUT2D eigenvalue weighted by Crippen LogP contribution is 2.25. The number of fused-ring (bicyclic) bond motifs is 1. The van der Waals surface area contributed by atoms with Gasteiger partial charge in [0.05, 0.1) is 15.9 Å². The van der Waals surface area contributed by atoms with Crippen molar-refractivity contribution in [1.29, 1.82) is 0 Å². The molecule has 1 aromatic heterocycles. The van der Waals surface area contributed by atoms with Gasteiger partial charge in [-0.05, 0) is 56.9 Å². The monoisotopic (exact) mass is 442 g/mol. The van der Waals surface area contributed by atoms with Gasteiger partial charge in [0.2, 0.25) is 10.0 Å². The van der Waals surface area contributed by atoms with E-state index >= 15 is 0 Å². The Hall–Kier alpha value is -2.42. The number of nitrogens with zero attached hydrogens (tertiary/aromatic N) is 2. The third-order valence-corrected chi connectivity index (χ3v) is 7.91. The van der Waals surface area contributed by atoms with Crippen LogP contribution in [-0.2, 0) is 10.0 Å². The van der Waals surface area contributed by atoms with Crippen LogP contribution in [0.3, 0.4) is 0 Å². The minimum atomic E-state index is -3.54. The van der Waals surface area contributed by atoms with E-state index in [0.717, 1.165) is 53.7 Å². The third-order valence-electron chi connectivity index (χ3n) is 6.14. The molecular formula is C23H30N4O3S. The zero-order valence-corrected chi connectivity index (χ0v) is 19.1. The van der Waals surface area contributed by atoms with Gasteiger partial charge < -0.3 is 9.88 Å². The molecule has 166 valence electrons. The average molecular weight is 443 g/mol. The van der Waals surface area contributed by atoms with Crippen molar-refractivity contribution in [2.24, 2.45) is 0 Å². The van der Waals surface area contributed by atoms with Gasteiger partial charge in [0, 0.05) is 32.2 Å². The summed E-state index contributed by atoms with van der Waals surface area (Å²) in [5, 5.41) is 0. The largest absolute Gasteiger partial charge is 0.326 e. The number of likely N-dealkylation sites (tertiary alicyclic amines) is 1. The van der Waals surface area contributed by atoms with E-state index in [-0.39, 0.29) is 11.7 Å². The molecule has 2 N–H and O–H groups in total. The number of imidazole rings is 1. The number of rotatable bonds is 6. The highest BCUT2D eigenvalue weighted by atomic mass is 32.2. The Morgan fingerprint density at radius 2 is 1.71 bits per heavy atom. The highest BCUT2D eigenvalue weighted by molar-refractivity contribution is 7.89.